The van der Waals surface area contributed by atoms with Gasteiger partial charge in [0.15, 0.2) is 0 Å². The molecule has 0 aromatic carbocycles. The van der Waals surface area contributed by atoms with Crippen molar-refractivity contribution < 1.29 is 0 Å². The molecule has 0 aliphatic carbocycles. The van der Waals surface area contributed by atoms with E-state index in [4.69, 9.17) is 11.6 Å². The van der Waals surface area contributed by atoms with Gasteiger partial charge >= 0.3 is 0 Å². The highest BCUT2D eigenvalue weighted by molar-refractivity contribution is 7.19. The van der Waals surface area contributed by atoms with Gasteiger partial charge in [0.25, 0.3) is 0 Å². The molecule has 2 heterocycles. The molecule has 0 saturated heterocycles. The second-order valence-corrected chi connectivity index (χ2v) is 5.70. The van der Waals surface area contributed by atoms with Gasteiger partial charge in [-0.05, 0) is 26.1 Å². The number of nitrogens with one attached hydrogen (secondary N) is 1. The Balaban J connectivity index is 2.43. The van der Waals surface area contributed by atoms with Crippen molar-refractivity contribution >= 4 is 22.9 Å². The van der Waals surface area contributed by atoms with Crippen LogP contribution >= 0.6 is 22.9 Å². The Hall–Kier alpha value is -0.840. The van der Waals surface area contributed by atoms with Crippen molar-refractivity contribution in [1.82, 2.24) is 15.1 Å². The first-order valence-corrected chi connectivity index (χ1v) is 6.75. The summed E-state index contributed by atoms with van der Waals surface area (Å²) in [6.45, 7) is 3.03. The van der Waals surface area contributed by atoms with Crippen molar-refractivity contribution in [2.45, 2.75) is 13.3 Å². The number of aromatic nitrogens is 2. The van der Waals surface area contributed by atoms with Crippen LogP contribution in [-0.4, -0.2) is 23.4 Å². The van der Waals surface area contributed by atoms with Crippen molar-refractivity contribution in [2.75, 3.05) is 13.6 Å². The summed E-state index contributed by atoms with van der Waals surface area (Å²) in [5, 5.41) is 7.73. The Bertz CT molecular complexity index is 516. The summed E-state index contributed by atoms with van der Waals surface area (Å²) in [6, 6.07) is 4.01. The van der Waals surface area contributed by atoms with E-state index in [1.807, 2.05) is 24.8 Å². The monoisotopic (exact) mass is 269 g/mol. The Morgan fingerprint density at radius 2 is 2.24 bits per heavy atom. The largest absolute Gasteiger partial charge is 0.319 e. The summed E-state index contributed by atoms with van der Waals surface area (Å²) < 4.78 is 2.76. The maximum absolute atomic E-state index is 6.01. The number of nitrogens with zero attached hydrogens (tertiary/aromatic N) is 2. The van der Waals surface area contributed by atoms with Gasteiger partial charge in [-0.1, -0.05) is 11.6 Å². The molecule has 0 aliphatic rings. The Kier molecular flexibility index (Phi) is 3.86. The molecule has 0 spiro atoms. The average Bonchev–Trinajstić information content (AvgIpc) is 2.82. The van der Waals surface area contributed by atoms with Gasteiger partial charge in [0.2, 0.25) is 0 Å². The maximum atomic E-state index is 6.01. The fourth-order valence-corrected chi connectivity index (χ4v) is 3.03. The first-order chi connectivity index (χ1) is 8.13. The molecule has 0 aliphatic heterocycles. The summed E-state index contributed by atoms with van der Waals surface area (Å²) >= 11 is 7.61. The fourth-order valence-electron chi connectivity index (χ4n) is 1.86. The van der Waals surface area contributed by atoms with Gasteiger partial charge < -0.3 is 5.32 Å². The van der Waals surface area contributed by atoms with Gasteiger partial charge in [0.1, 0.15) is 0 Å². The summed E-state index contributed by atoms with van der Waals surface area (Å²) in [6.07, 6.45) is 0.934. The molecule has 0 unspecified atom stereocenters. The zero-order chi connectivity index (χ0) is 12.4. The lowest BCUT2D eigenvalue weighted by atomic mass is 10.1. The third-order valence-electron chi connectivity index (χ3n) is 2.84. The second-order valence-electron chi connectivity index (χ2n) is 3.99. The third kappa shape index (κ3) is 2.54. The Morgan fingerprint density at radius 1 is 1.47 bits per heavy atom. The normalized spacial score (nSPS) is 11.1. The van der Waals surface area contributed by atoms with Crippen LogP contribution in [0.3, 0.4) is 0 Å². The zero-order valence-corrected chi connectivity index (χ0v) is 11.8. The molecule has 5 heteroatoms. The van der Waals surface area contributed by atoms with E-state index in [1.54, 1.807) is 11.3 Å². The van der Waals surface area contributed by atoms with Crippen LogP contribution in [0.4, 0.5) is 0 Å². The van der Waals surface area contributed by atoms with Crippen LogP contribution in [0.25, 0.3) is 10.4 Å². The minimum absolute atomic E-state index is 0.822. The van der Waals surface area contributed by atoms with Crippen LogP contribution in [-0.2, 0) is 13.5 Å². The van der Waals surface area contributed by atoms with E-state index >= 15 is 0 Å². The highest BCUT2D eigenvalue weighted by atomic mass is 35.5. The standard InChI is InChI=1S/C12H16ClN3S/c1-8-12(10-4-5-11(13)17-10)9(6-7-14-2)15-16(8)3/h4-5,14H,6-7H2,1-3H3. The molecule has 2 rings (SSSR count). The van der Waals surface area contributed by atoms with Crippen LogP contribution in [0.15, 0.2) is 12.1 Å². The number of aryl methyl sites for hydroxylation is 1. The van der Waals surface area contributed by atoms with Crippen LogP contribution in [0.1, 0.15) is 11.4 Å². The lowest BCUT2D eigenvalue weighted by Crippen LogP contribution is -2.11. The molecule has 1 N–H and O–H groups in total. The number of hydrogen-bond acceptors (Lipinski definition) is 3. The third-order valence-corrected chi connectivity index (χ3v) is 4.09. The first-order valence-electron chi connectivity index (χ1n) is 5.56. The number of halogens is 1. The van der Waals surface area contributed by atoms with E-state index in [0.29, 0.717) is 0 Å². The van der Waals surface area contributed by atoms with E-state index < -0.39 is 0 Å². The maximum Gasteiger partial charge on any atom is 0.0934 e. The zero-order valence-electron chi connectivity index (χ0n) is 10.2. The summed E-state index contributed by atoms with van der Waals surface area (Å²) in [4.78, 5) is 1.20. The number of thiophene rings is 1. The average molecular weight is 270 g/mol. The van der Waals surface area contributed by atoms with E-state index in [0.717, 1.165) is 23.0 Å². The van der Waals surface area contributed by atoms with Gasteiger partial charge in [-0.2, -0.15) is 5.10 Å². The molecule has 0 bridgehead atoms. The molecule has 3 nitrogen and oxygen atoms in total. The molecule has 2 aromatic rings. The van der Waals surface area contributed by atoms with E-state index in [9.17, 15) is 0 Å². The molecule has 0 saturated carbocycles. The SMILES string of the molecule is CNCCc1nn(C)c(C)c1-c1ccc(Cl)s1. The molecule has 0 fully saturated rings. The lowest BCUT2D eigenvalue weighted by molar-refractivity contribution is 0.703. The predicted octanol–water partition coefficient (Wildman–Crippen LogP) is 2.87. The smallest absolute Gasteiger partial charge is 0.0934 e. The van der Waals surface area contributed by atoms with Gasteiger partial charge in [-0.25, -0.2) is 0 Å². The van der Waals surface area contributed by atoms with Crippen LogP contribution in [0.2, 0.25) is 4.34 Å². The quantitative estimate of drug-likeness (QED) is 0.925. The lowest BCUT2D eigenvalue weighted by Gasteiger charge is -2.01. The topological polar surface area (TPSA) is 29.9 Å². The van der Waals surface area contributed by atoms with Crippen LogP contribution in [0, 0.1) is 6.92 Å². The Labute approximate surface area is 110 Å². The highest BCUT2D eigenvalue weighted by Gasteiger charge is 2.15. The summed E-state index contributed by atoms with van der Waals surface area (Å²) in [5.41, 5.74) is 3.56. The minimum Gasteiger partial charge on any atom is -0.319 e. The number of hydrogen-bond donors (Lipinski definition) is 1. The van der Waals surface area contributed by atoms with Crippen molar-refractivity contribution in [3.63, 3.8) is 0 Å². The summed E-state index contributed by atoms with van der Waals surface area (Å²) in [7, 11) is 3.94. The minimum atomic E-state index is 0.822. The van der Waals surface area contributed by atoms with Gasteiger partial charge in [0.05, 0.1) is 10.0 Å². The van der Waals surface area contributed by atoms with Crippen molar-refractivity contribution in [3.05, 3.63) is 27.9 Å². The fraction of sp³-hybridized carbons (Fsp3) is 0.417. The van der Waals surface area contributed by atoms with E-state index in [1.165, 1.54) is 16.1 Å². The van der Waals surface area contributed by atoms with Crippen LogP contribution in [0.5, 0.6) is 0 Å². The number of rotatable bonds is 4. The Morgan fingerprint density at radius 3 is 2.82 bits per heavy atom. The van der Waals surface area contributed by atoms with Gasteiger partial charge in [-0.3, -0.25) is 4.68 Å². The van der Waals surface area contributed by atoms with Crippen LogP contribution < -0.4 is 5.32 Å². The molecule has 2 aromatic heterocycles. The second kappa shape index (κ2) is 5.21. The molecule has 17 heavy (non-hydrogen) atoms. The van der Waals surface area contributed by atoms with Gasteiger partial charge in [-0.15, -0.1) is 11.3 Å². The predicted molar refractivity (Wildman–Crippen MR) is 73.9 cm³/mol. The molecular weight excluding hydrogens is 254 g/mol. The van der Waals surface area contributed by atoms with E-state index in [-0.39, 0.29) is 0 Å². The number of likely N-dealkylation sites (N-methyl/N-ethyl adjacent to an activating group) is 1. The summed E-state index contributed by atoms with van der Waals surface area (Å²) in [5.74, 6) is 0. The molecule has 92 valence electrons. The highest BCUT2D eigenvalue weighted by Crippen LogP contribution is 2.35. The van der Waals surface area contributed by atoms with E-state index in [2.05, 4.69) is 23.4 Å². The molecular formula is C12H16ClN3S. The molecule has 0 atom stereocenters. The van der Waals surface area contributed by atoms with Crippen molar-refractivity contribution in [1.29, 1.82) is 0 Å². The molecule has 0 amide bonds. The molecule has 0 radical (unpaired) electrons. The van der Waals surface area contributed by atoms with Crippen molar-refractivity contribution in [2.24, 2.45) is 7.05 Å². The van der Waals surface area contributed by atoms with Crippen molar-refractivity contribution in [3.8, 4) is 10.4 Å². The first kappa shape index (κ1) is 12.6. The van der Waals surface area contributed by atoms with Gasteiger partial charge in [0, 0.05) is 36.1 Å².